The Hall–Kier alpha value is -0.920. The molecule has 0 spiro atoms. The fourth-order valence-corrected chi connectivity index (χ4v) is 1.72. The van der Waals surface area contributed by atoms with Gasteiger partial charge in [0.1, 0.15) is 17.0 Å². The lowest BCUT2D eigenvalue weighted by Gasteiger charge is -2.01. The highest BCUT2D eigenvalue weighted by Crippen LogP contribution is 2.02. The van der Waals surface area contributed by atoms with Crippen LogP contribution < -0.4 is 5.32 Å². The van der Waals surface area contributed by atoms with Gasteiger partial charge in [-0.05, 0) is 0 Å². The van der Waals surface area contributed by atoms with Gasteiger partial charge in [-0.15, -0.1) is 0 Å². The molecule has 2 atom stereocenters. The molecule has 12 heavy (non-hydrogen) atoms. The molecule has 6 nitrogen and oxygen atoms in total. The summed E-state index contributed by atoms with van der Waals surface area (Å²) in [6.07, 6.45) is -1.22. The zero-order chi connectivity index (χ0) is 9.30. The zero-order valence-corrected chi connectivity index (χ0v) is 6.71. The predicted octanol–water partition coefficient (Wildman–Crippen LogP) is -2.54. The Kier molecular flexibility index (Phi) is 2.46. The predicted molar refractivity (Wildman–Crippen MR) is 39.4 cm³/mol. The van der Waals surface area contributed by atoms with Crippen molar-refractivity contribution in [2.45, 2.75) is 12.1 Å². The van der Waals surface area contributed by atoms with E-state index in [1.807, 2.05) is 0 Å². The molecule has 1 aliphatic heterocycles. The Morgan fingerprint density at radius 2 is 2.17 bits per heavy atom. The molecular weight excluding hydrogens is 186 g/mol. The van der Waals surface area contributed by atoms with Crippen molar-refractivity contribution in [3.63, 3.8) is 0 Å². The molecule has 0 aromatic heterocycles. The van der Waals surface area contributed by atoms with Gasteiger partial charge in [0, 0.05) is 6.54 Å². The van der Waals surface area contributed by atoms with Gasteiger partial charge in [-0.1, -0.05) is 0 Å². The van der Waals surface area contributed by atoms with Crippen LogP contribution in [-0.4, -0.2) is 48.2 Å². The van der Waals surface area contributed by atoms with Crippen LogP contribution >= 0.6 is 0 Å². The Balaban J connectivity index is 3.10. The van der Waals surface area contributed by atoms with Crippen molar-refractivity contribution in [1.82, 2.24) is 5.32 Å². The van der Waals surface area contributed by atoms with Crippen molar-refractivity contribution in [2.24, 2.45) is 0 Å². The number of aliphatic hydroxyl groups is 1. The van der Waals surface area contributed by atoms with Crippen LogP contribution in [-0.2, 0) is 15.1 Å². The van der Waals surface area contributed by atoms with Crippen molar-refractivity contribution in [3.8, 4) is 0 Å². The van der Waals surface area contributed by atoms with Gasteiger partial charge in [0.05, 0.1) is 0 Å². The molecule has 0 aromatic carbocycles. The number of carbonyl (C=O) groups is 1. The van der Waals surface area contributed by atoms with Gasteiger partial charge in [-0.25, -0.2) is 0 Å². The summed E-state index contributed by atoms with van der Waals surface area (Å²) in [6, 6.07) is -1.28. The smallest absolute Gasteiger partial charge is 0.326 e. The summed E-state index contributed by atoms with van der Waals surface area (Å²) in [5.41, 5.74) is 0. The van der Waals surface area contributed by atoms with Gasteiger partial charge in [-0.3, -0.25) is 10.1 Å². The number of aliphatic hydroxyl groups excluding tert-OH is 1. The van der Waals surface area contributed by atoms with Crippen molar-refractivity contribution < 1.29 is 23.4 Å². The first kappa shape index (κ1) is 9.17. The van der Waals surface area contributed by atoms with E-state index in [1.54, 1.807) is 0 Å². The lowest BCUT2D eigenvalue weighted by molar-refractivity contribution is -0.137. The third-order valence-corrected chi connectivity index (χ3v) is 2.46. The van der Waals surface area contributed by atoms with Crippen molar-refractivity contribution in [3.05, 3.63) is 0 Å². The second-order valence-electron chi connectivity index (χ2n) is 2.33. The molecule has 2 unspecified atom stereocenters. The summed E-state index contributed by atoms with van der Waals surface area (Å²) in [5.74, 6) is -1.30. The maximum Gasteiger partial charge on any atom is 0.326 e. The maximum absolute atomic E-state index is 10.4. The van der Waals surface area contributed by atoms with Crippen LogP contribution in [0.4, 0.5) is 0 Å². The average molecular weight is 193 g/mol. The number of carboxylic acids is 1. The zero-order valence-electron chi connectivity index (χ0n) is 5.89. The third-order valence-electron chi connectivity index (χ3n) is 1.57. The summed E-state index contributed by atoms with van der Waals surface area (Å²) in [4.78, 5) is 9.99. The number of aliphatic carboxylic acids is 1. The minimum Gasteiger partial charge on any atom is -0.480 e. The molecule has 0 aromatic rings. The van der Waals surface area contributed by atoms with Crippen LogP contribution in [0.25, 0.3) is 0 Å². The van der Waals surface area contributed by atoms with Crippen molar-refractivity contribution in [1.29, 1.82) is 0 Å². The first-order valence-electron chi connectivity index (χ1n) is 3.14. The molecule has 1 heterocycles. The number of hydrogen-bond donors (Lipinski definition) is 3. The average Bonchev–Trinajstić information content (AvgIpc) is 2.30. The topological polar surface area (TPSA) is 104 Å². The number of β-amino-alcohol motifs (C(OH)–C–C–N with tert-alkyl or cyclic N) is 1. The number of hydrogen-bond acceptors (Lipinski definition) is 5. The van der Waals surface area contributed by atoms with E-state index in [9.17, 15) is 13.2 Å². The molecular formula is C5H7NO5S. The highest BCUT2D eigenvalue weighted by Gasteiger charge is 2.36. The summed E-state index contributed by atoms with van der Waals surface area (Å²) in [7, 11) is -2.65. The number of rotatable bonds is 1. The van der Waals surface area contributed by atoms with Gasteiger partial charge >= 0.3 is 5.97 Å². The number of carboxylic acid groups (broad SMARTS) is 1. The van der Waals surface area contributed by atoms with Crippen LogP contribution in [0.2, 0.25) is 0 Å². The Morgan fingerprint density at radius 3 is 2.50 bits per heavy atom. The molecule has 0 amide bonds. The van der Waals surface area contributed by atoms with E-state index in [2.05, 4.69) is 5.32 Å². The molecule has 1 saturated heterocycles. The Bertz CT molecular complexity index is 324. The normalized spacial score (nSPS) is 28.9. The summed E-state index contributed by atoms with van der Waals surface area (Å²) >= 11 is 0. The monoisotopic (exact) mass is 193 g/mol. The van der Waals surface area contributed by atoms with Crippen LogP contribution in [0.15, 0.2) is 0 Å². The molecule has 0 bridgehead atoms. The van der Waals surface area contributed by atoms with E-state index in [0.29, 0.717) is 0 Å². The first-order chi connectivity index (χ1) is 5.54. The molecule has 0 saturated carbocycles. The van der Waals surface area contributed by atoms with E-state index in [4.69, 9.17) is 10.2 Å². The maximum atomic E-state index is 10.4. The largest absolute Gasteiger partial charge is 0.480 e. The first-order valence-corrected chi connectivity index (χ1v) is 4.21. The van der Waals surface area contributed by atoms with Crippen LogP contribution in [0.3, 0.4) is 0 Å². The van der Waals surface area contributed by atoms with Crippen LogP contribution in [0.5, 0.6) is 0 Å². The standard InChI is InChI=1S/C5H7NO5S/c7-2-1-6-3(5(8)9)4(2)12(10)11/h2-3,6-7H,1H2,(H,8,9). The van der Waals surface area contributed by atoms with E-state index >= 15 is 0 Å². The summed E-state index contributed by atoms with van der Waals surface area (Å²) in [5, 5.41) is 19.9. The van der Waals surface area contributed by atoms with E-state index in [-0.39, 0.29) is 6.54 Å². The van der Waals surface area contributed by atoms with E-state index < -0.39 is 33.3 Å². The molecule has 68 valence electrons. The van der Waals surface area contributed by atoms with Crippen LogP contribution in [0.1, 0.15) is 0 Å². The van der Waals surface area contributed by atoms with Gasteiger partial charge in [-0.2, -0.15) is 8.42 Å². The minimum atomic E-state index is -2.65. The van der Waals surface area contributed by atoms with Gasteiger partial charge in [0.2, 0.25) is 10.3 Å². The highest BCUT2D eigenvalue weighted by molar-refractivity contribution is 7.73. The molecule has 1 fully saturated rings. The lowest BCUT2D eigenvalue weighted by atomic mass is 10.2. The Morgan fingerprint density at radius 1 is 1.58 bits per heavy atom. The molecule has 1 rings (SSSR count). The summed E-state index contributed by atoms with van der Waals surface area (Å²) in [6.45, 7) is -0.0414. The molecule has 0 aliphatic carbocycles. The molecule has 1 aliphatic rings. The van der Waals surface area contributed by atoms with Gasteiger partial charge in [0.15, 0.2) is 0 Å². The third kappa shape index (κ3) is 1.47. The van der Waals surface area contributed by atoms with Crippen molar-refractivity contribution in [2.75, 3.05) is 6.54 Å². The lowest BCUT2D eigenvalue weighted by Crippen LogP contribution is -2.37. The second-order valence-corrected chi connectivity index (χ2v) is 3.27. The number of nitrogens with one attached hydrogen (secondary N) is 1. The van der Waals surface area contributed by atoms with Gasteiger partial charge < -0.3 is 10.2 Å². The van der Waals surface area contributed by atoms with Gasteiger partial charge in [0.25, 0.3) is 0 Å². The fraction of sp³-hybridized carbons (Fsp3) is 0.600. The SMILES string of the molecule is O=C(O)C1NCC(O)C1=S(=O)=O. The summed E-state index contributed by atoms with van der Waals surface area (Å²) < 4.78 is 20.9. The second kappa shape index (κ2) is 3.21. The fourth-order valence-electron chi connectivity index (χ4n) is 1.04. The van der Waals surface area contributed by atoms with Crippen molar-refractivity contribution >= 4 is 21.1 Å². The minimum absolute atomic E-state index is 0.0414. The quantitative estimate of drug-likeness (QED) is 0.396. The molecule has 0 radical (unpaired) electrons. The molecule has 3 N–H and O–H groups in total. The highest BCUT2D eigenvalue weighted by atomic mass is 32.2. The molecule has 7 heteroatoms. The Labute approximate surface area is 69.4 Å². The van der Waals surface area contributed by atoms with Crippen LogP contribution in [0, 0.1) is 0 Å². The van der Waals surface area contributed by atoms with E-state index in [0.717, 1.165) is 0 Å². The van der Waals surface area contributed by atoms with E-state index in [1.165, 1.54) is 0 Å².